The van der Waals surface area contributed by atoms with Crippen LogP contribution in [0.5, 0.6) is 0 Å². The van der Waals surface area contributed by atoms with Gasteiger partial charge in [0.25, 0.3) is 0 Å². The quantitative estimate of drug-likeness (QED) is 0.383. The SMILES string of the molecule is C#CC[C@@H](C)[C@H](CCCO)[C@@H](C=C)O[Si](C)(C)C(C)(C)C. The molecule has 122 valence electrons. The third-order valence-electron chi connectivity index (χ3n) is 4.76. The van der Waals surface area contributed by atoms with Crippen LogP contribution in [-0.2, 0) is 4.43 Å². The molecule has 0 amide bonds. The number of terminal acetylenes is 1. The van der Waals surface area contributed by atoms with E-state index >= 15 is 0 Å². The van der Waals surface area contributed by atoms with Crippen LogP contribution in [0.15, 0.2) is 12.7 Å². The van der Waals surface area contributed by atoms with Crippen molar-refractivity contribution in [1.29, 1.82) is 0 Å². The lowest BCUT2D eigenvalue weighted by atomic mass is 9.83. The second-order valence-electron chi connectivity index (χ2n) is 7.49. The Kier molecular flexibility index (Phi) is 8.54. The summed E-state index contributed by atoms with van der Waals surface area (Å²) in [5.74, 6) is 3.44. The van der Waals surface area contributed by atoms with E-state index in [1.54, 1.807) is 0 Å². The van der Waals surface area contributed by atoms with E-state index in [0.29, 0.717) is 11.8 Å². The Hall–Kier alpha value is -0.563. The first-order valence-corrected chi connectivity index (χ1v) is 10.9. The van der Waals surface area contributed by atoms with Crippen molar-refractivity contribution in [2.24, 2.45) is 11.8 Å². The smallest absolute Gasteiger partial charge is 0.192 e. The summed E-state index contributed by atoms with van der Waals surface area (Å²) < 4.78 is 6.55. The molecule has 0 saturated heterocycles. The van der Waals surface area contributed by atoms with Gasteiger partial charge >= 0.3 is 0 Å². The van der Waals surface area contributed by atoms with Gasteiger partial charge in [0.1, 0.15) is 0 Å². The van der Waals surface area contributed by atoms with E-state index in [2.05, 4.69) is 53.3 Å². The van der Waals surface area contributed by atoms with Gasteiger partial charge in [-0.1, -0.05) is 33.8 Å². The van der Waals surface area contributed by atoms with Crippen LogP contribution in [0.25, 0.3) is 0 Å². The maximum Gasteiger partial charge on any atom is 0.192 e. The van der Waals surface area contributed by atoms with E-state index in [0.717, 1.165) is 19.3 Å². The van der Waals surface area contributed by atoms with Gasteiger partial charge in [-0.2, -0.15) is 0 Å². The van der Waals surface area contributed by atoms with E-state index in [4.69, 9.17) is 16.0 Å². The Balaban J connectivity index is 5.14. The van der Waals surface area contributed by atoms with Crippen LogP contribution >= 0.6 is 0 Å². The zero-order chi connectivity index (χ0) is 16.7. The van der Waals surface area contributed by atoms with Crippen LogP contribution in [0.1, 0.15) is 47.0 Å². The van der Waals surface area contributed by atoms with Gasteiger partial charge in [0.15, 0.2) is 8.32 Å². The van der Waals surface area contributed by atoms with Crippen LogP contribution in [-0.4, -0.2) is 26.1 Å². The highest BCUT2D eigenvalue weighted by atomic mass is 28.4. The highest BCUT2D eigenvalue weighted by molar-refractivity contribution is 6.74. The maximum absolute atomic E-state index is 9.14. The molecule has 2 nitrogen and oxygen atoms in total. The molecule has 0 fully saturated rings. The van der Waals surface area contributed by atoms with Crippen molar-refractivity contribution in [2.75, 3.05) is 6.61 Å². The lowest BCUT2D eigenvalue weighted by Gasteiger charge is -2.41. The Morgan fingerprint density at radius 3 is 2.33 bits per heavy atom. The minimum atomic E-state index is -1.85. The average Bonchev–Trinajstić information content (AvgIpc) is 2.36. The fourth-order valence-corrected chi connectivity index (χ4v) is 3.57. The summed E-state index contributed by atoms with van der Waals surface area (Å²) in [6, 6.07) is 0. The molecule has 21 heavy (non-hydrogen) atoms. The number of aliphatic hydroxyl groups is 1. The Labute approximate surface area is 133 Å². The molecule has 3 atom stereocenters. The standard InChI is InChI=1S/C18H34O2Si/c1-9-12-15(3)16(13-11-14-19)17(10-2)20-21(7,8)18(4,5)6/h1,10,15-17,19H,2,11-14H2,3-8H3/t15-,16+,17-/m1/s1. The molecular weight excluding hydrogens is 276 g/mol. The Morgan fingerprint density at radius 2 is 1.95 bits per heavy atom. The van der Waals surface area contributed by atoms with Gasteiger partial charge < -0.3 is 9.53 Å². The van der Waals surface area contributed by atoms with Gasteiger partial charge in [-0.3, -0.25) is 0 Å². The van der Waals surface area contributed by atoms with Crippen molar-refractivity contribution in [3.63, 3.8) is 0 Å². The van der Waals surface area contributed by atoms with Crippen LogP contribution in [0.2, 0.25) is 18.1 Å². The monoisotopic (exact) mass is 310 g/mol. The average molecular weight is 311 g/mol. The molecule has 0 saturated carbocycles. The molecule has 0 rings (SSSR count). The minimum Gasteiger partial charge on any atom is -0.410 e. The largest absolute Gasteiger partial charge is 0.410 e. The van der Waals surface area contributed by atoms with E-state index in [9.17, 15) is 0 Å². The summed E-state index contributed by atoms with van der Waals surface area (Å²) in [5.41, 5.74) is 0. The van der Waals surface area contributed by atoms with Crippen molar-refractivity contribution in [3.8, 4) is 12.3 Å². The van der Waals surface area contributed by atoms with E-state index < -0.39 is 8.32 Å². The van der Waals surface area contributed by atoms with Crippen LogP contribution < -0.4 is 0 Å². The molecule has 1 N–H and O–H groups in total. The molecule has 0 spiro atoms. The topological polar surface area (TPSA) is 29.5 Å². The summed E-state index contributed by atoms with van der Waals surface area (Å²) >= 11 is 0. The second-order valence-corrected chi connectivity index (χ2v) is 12.3. The maximum atomic E-state index is 9.14. The van der Waals surface area contributed by atoms with E-state index in [1.165, 1.54) is 0 Å². The Morgan fingerprint density at radius 1 is 1.38 bits per heavy atom. The predicted octanol–water partition coefficient (Wildman–Crippen LogP) is 4.61. The van der Waals surface area contributed by atoms with E-state index in [1.807, 2.05) is 6.08 Å². The zero-order valence-corrected chi connectivity index (χ0v) is 15.8. The normalized spacial score (nSPS) is 16.9. The van der Waals surface area contributed by atoms with Crippen molar-refractivity contribution in [3.05, 3.63) is 12.7 Å². The van der Waals surface area contributed by atoms with Gasteiger partial charge in [-0.05, 0) is 42.8 Å². The molecule has 0 aromatic heterocycles. The fourth-order valence-electron chi connectivity index (χ4n) is 2.26. The first kappa shape index (κ1) is 20.4. The molecule has 0 bridgehead atoms. The molecule has 0 aliphatic heterocycles. The number of hydrogen-bond donors (Lipinski definition) is 1. The summed E-state index contributed by atoms with van der Waals surface area (Å²) in [4.78, 5) is 0. The van der Waals surface area contributed by atoms with Gasteiger partial charge in [0, 0.05) is 13.0 Å². The van der Waals surface area contributed by atoms with Crippen LogP contribution in [0, 0.1) is 24.2 Å². The first-order valence-electron chi connectivity index (χ1n) is 7.95. The minimum absolute atomic E-state index is 0.0146. The summed E-state index contributed by atoms with van der Waals surface area (Å²) in [7, 11) is -1.85. The van der Waals surface area contributed by atoms with Gasteiger partial charge in [0.2, 0.25) is 0 Å². The number of rotatable bonds is 9. The summed E-state index contributed by atoms with van der Waals surface area (Å²) in [5, 5.41) is 9.32. The van der Waals surface area contributed by atoms with Crippen LogP contribution in [0.4, 0.5) is 0 Å². The van der Waals surface area contributed by atoms with E-state index in [-0.39, 0.29) is 17.7 Å². The lowest BCUT2D eigenvalue weighted by Crippen LogP contribution is -2.46. The Bertz CT molecular complexity index is 349. The fraction of sp³-hybridized carbons (Fsp3) is 0.778. The molecule has 0 radical (unpaired) electrons. The highest BCUT2D eigenvalue weighted by Gasteiger charge is 2.40. The van der Waals surface area contributed by atoms with Crippen LogP contribution in [0.3, 0.4) is 0 Å². The summed E-state index contributed by atoms with van der Waals surface area (Å²) in [6.45, 7) is 17.6. The molecule has 0 unspecified atom stereocenters. The molecule has 0 aromatic carbocycles. The van der Waals surface area contributed by atoms with Crippen molar-refractivity contribution in [2.45, 2.75) is 71.2 Å². The third-order valence-corrected chi connectivity index (χ3v) is 9.23. The molecule has 0 heterocycles. The van der Waals surface area contributed by atoms with Crippen molar-refractivity contribution < 1.29 is 9.53 Å². The number of aliphatic hydroxyl groups excluding tert-OH is 1. The van der Waals surface area contributed by atoms with Gasteiger partial charge in [-0.15, -0.1) is 18.9 Å². The molecule has 0 aliphatic rings. The van der Waals surface area contributed by atoms with Crippen molar-refractivity contribution in [1.82, 2.24) is 0 Å². The third kappa shape index (κ3) is 6.38. The molecular formula is C18H34O2Si. The number of hydrogen-bond acceptors (Lipinski definition) is 2. The predicted molar refractivity (Wildman–Crippen MR) is 94.7 cm³/mol. The van der Waals surface area contributed by atoms with Gasteiger partial charge in [-0.25, -0.2) is 0 Å². The molecule has 0 aliphatic carbocycles. The zero-order valence-electron chi connectivity index (χ0n) is 14.8. The molecule has 0 aromatic rings. The first-order chi connectivity index (χ1) is 9.60. The lowest BCUT2D eigenvalue weighted by molar-refractivity contribution is 0.112. The summed E-state index contributed by atoms with van der Waals surface area (Å²) in [6.07, 6.45) is 9.86. The van der Waals surface area contributed by atoms with Gasteiger partial charge in [0.05, 0.1) is 6.10 Å². The molecule has 3 heteroatoms. The second kappa shape index (κ2) is 8.78. The highest BCUT2D eigenvalue weighted by Crippen LogP contribution is 2.39. The van der Waals surface area contributed by atoms with Crippen molar-refractivity contribution >= 4 is 8.32 Å².